The molecule has 1 aliphatic rings. The number of hydrogen-bond donors (Lipinski definition) is 2. The van der Waals surface area contributed by atoms with Crippen LogP contribution in [-0.4, -0.2) is 31.6 Å². The Morgan fingerprint density at radius 1 is 1.36 bits per heavy atom. The SMILES string of the molecule is CC1Oc2ccc(NC(=O)NCC(C)(C)C)cc2N(C)C1=O. The monoisotopic (exact) mass is 305 g/mol. The van der Waals surface area contributed by atoms with E-state index in [0.717, 1.165) is 0 Å². The van der Waals surface area contributed by atoms with Crippen molar-refractivity contribution in [2.24, 2.45) is 5.41 Å². The number of rotatable bonds is 2. The van der Waals surface area contributed by atoms with E-state index in [1.807, 2.05) is 20.8 Å². The van der Waals surface area contributed by atoms with Gasteiger partial charge in [0.25, 0.3) is 5.91 Å². The molecule has 22 heavy (non-hydrogen) atoms. The summed E-state index contributed by atoms with van der Waals surface area (Å²) < 4.78 is 5.55. The summed E-state index contributed by atoms with van der Waals surface area (Å²) in [5, 5.41) is 5.58. The van der Waals surface area contributed by atoms with Crippen LogP contribution in [0.25, 0.3) is 0 Å². The highest BCUT2D eigenvalue weighted by Crippen LogP contribution is 2.35. The van der Waals surface area contributed by atoms with Gasteiger partial charge in [0.1, 0.15) is 5.75 Å². The third-order valence-corrected chi connectivity index (χ3v) is 3.34. The lowest BCUT2D eigenvalue weighted by Crippen LogP contribution is -2.42. The standard InChI is InChI=1S/C16H23N3O3/c1-10-14(20)19(5)12-8-11(6-7-13(12)22-10)18-15(21)17-9-16(2,3)4/h6-8,10H,9H2,1-5H3,(H2,17,18,21). The van der Waals surface area contributed by atoms with Crippen molar-refractivity contribution in [2.75, 3.05) is 23.8 Å². The second kappa shape index (κ2) is 5.87. The van der Waals surface area contributed by atoms with Crippen LogP contribution < -0.4 is 20.3 Å². The van der Waals surface area contributed by atoms with E-state index < -0.39 is 6.10 Å². The summed E-state index contributed by atoms with van der Waals surface area (Å²) in [6, 6.07) is 4.98. The van der Waals surface area contributed by atoms with Crippen LogP contribution in [-0.2, 0) is 4.79 Å². The van der Waals surface area contributed by atoms with Crippen molar-refractivity contribution in [3.05, 3.63) is 18.2 Å². The molecule has 0 aromatic heterocycles. The molecule has 1 atom stereocenters. The number of nitrogens with zero attached hydrogens (tertiary/aromatic N) is 1. The Balaban J connectivity index is 2.08. The molecule has 0 aliphatic carbocycles. The topological polar surface area (TPSA) is 70.7 Å². The minimum Gasteiger partial charge on any atom is -0.479 e. The molecule has 1 heterocycles. The van der Waals surface area contributed by atoms with Gasteiger partial charge in [0.15, 0.2) is 6.10 Å². The predicted molar refractivity (Wildman–Crippen MR) is 86.4 cm³/mol. The average Bonchev–Trinajstić information content (AvgIpc) is 2.43. The van der Waals surface area contributed by atoms with Gasteiger partial charge in [-0.25, -0.2) is 4.79 Å². The maximum Gasteiger partial charge on any atom is 0.319 e. The molecule has 1 aromatic carbocycles. The number of hydrogen-bond acceptors (Lipinski definition) is 3. The summed E-state index contributed by atoms with van der Waals surface area (Å²) in [4.78, 5) is 25.4. The van der Waals surface area contributed by atoms with Crippen LogP contribution in [0.2, 0.25) is 0 Å². The summed E-state index contributed by atoms with van der Waals surface area (Å²) in [5.41, 5.74) is 1.28. The quantitative estimate of drug-likeness (QED) is 0.882. The van der Waals surface area contributed by atoms with Crippen molar-refractivity contribution >= 4 is 23.3 Å². The molecule has 120 valence electrons. The van der Waals surface area contributed by atoms with E-state index in [9.17, 15) is 9.59 Å². The summed E-state index contributed by atoms with van der Waals surface area (Å²) >= 11 is 0. The smallest absolute Gasteiger partial charge is 0.319 e. The number of fused-ring (bicyclic) bond motifs is 1. The Bertz CT molecular complexity index is 593. The lowest BCUT2D eigenvalue weighted by atomic mass is 9.97. The fourth-order valence-corrected chi connectivity index (χ4v) is 2.11. The van der Waals surface area contributed by atoms with E-state index in [4.69, 9.17) is 4.74 Å². The van der Waals surface area contributed by atoms with Crippen LogP contribution in [0.4, 0.5) is 16.2 Å². The van der Waals surface area contributed by atoms with Gasteiger partial charge in [-0.3, -0.25) is 4.79 Å². The summed E-state index contributed by atoms with van der Waals surface area (Å²) in [5.74, 6) is 0.525. The van der Waals surface area contributed by atoms with Crippen molar-refractivity contribution in [1.29, 1.82) is 0 Å². The van der Waals surface area contributed by atoms with Gasteiger partial charge in [-0.15, -0.1) is 0 Å². The van der Waals surface area contributed by atoms with Gasteiger partial charge in [0.05, 0.1) is 5.69 Å². The minimum atomic E-state index is -0.494. The lowest BCUT2D eigenvalue weighted by molar-refractivity contribution is -0.125. The molecule has 0 radical (unpaired) electrons. The summed E-state index contributed by atoms with van der Waals surface area (Å²) in [6.45, 7) is 8.43. The molecular weight excluding hydrogens is 282 g/mol. The number of likely N-dealkylation sites (N-methyl/N-ethyl adjacent to an activating group) is 1. The van der Waals surface area contributed by atoms with Crippen LogP contribution in [0.5, 0.6) is 5.75 Å². The highest BCUT2D eigenvalue weighted by molar-refractivity contribution is 6.00. The van der Waals surface area contributed by atoms with Gasteiger partial charge in [-0.2, -0.15) is 0 Å². The van der Waals surface area contributed by atoms with Gasteiger partial charge < -0.3 is 20.3 Å². The highest BCUT2D eigenvalue weighted by Gasteiger charge is 2.29. The molecule has 6 nitrogen and oxygen atoms in total. The Kier molecular flexibility index (Phi) is 4.30. The van der Waals surface area contributed by atoms with Crippen molar-refractivity contribution in [2.45, 2.75) is 33.8 Å². The van der Waals surface area contributed by atoms with Crippen molar-refractivity contribution in [3.63, 3.8) is 0 Å². The van der Waals surface area contributed by atoms with Gasteiger partial charge in [-0.1, -0.05) is 20.8 Å². The normalized spacial score (nSPS) is 17.6. The molecule has 1 unspecified atom stereocenters. The second-order valence-corrected chi connectivity index (χ2v) is 6.71. The van der Waals surface area contributed by atoms with Gasteiger partial charge in [0.2, 0.25) is 0 Å². The number of ether oxygens (including phenoxy) is 1. The molecule has 0 spiro atoms. The molecule has 1 aromatic rings. The maximum atomic E-state index is 11.9. The number of amides is 3. The van der Waals surface area contributed by atoms with Crippen molar-refractivity contribution < 1.29 is 14.3 Å². The molecule has 2 N–H and O–H groups in total. The fourth-order valence-electron chi connectivity index (χ4n) is 2.11. The zero-order valence-corrected chi connectivity index (χ0v) is 13.7. The predicted octanol–water partition coefficient (Wildman–Crippen LogP) is 2.60. The first-order chi connectivity index (χ1) is 10.2. The van der Waals surface area contributed by atoms with E-state index in [0.29, 0.717) is 23.7 Å². The van der Waals surface area contributed by atoms with E-state index in [1.165, 1.54) is 0 Å². The number of benzene rings is 1. The maximum absolute atomic E-state index is 11.9. The van der Waals surface area contributed by atoms with E-state index in [1.54, 1.807) is 37.1 Å². The molecule has 2 rings (SSSR count). The first-order valence-electron chi connectivity index (χ1n) is 7.30. The number of carbonyl (C=O) groups excluding carboxylic acids is 2. The van der Waals surface area contributed by atoms with Crippen LogP contribution in [0.1, 0.15) is 27.7 Å². The summed E-state index contributed by atoms with van der Waals surface area (Å²) in [7, 11) is 1.70. The van der Waals surface area contributed by atoms with Gasteiger partial charge in [-0.05, 0) is 30.5 Å². The van der Waals surface area contributed by atoms with Crippen LogP contribution >= 0.6 is 0 Å². The first kappa shape index (κ1) is 16.1. The Morgan fingerprint density at radius 3 is 2.68 bits per heavy atom. The molecule has 6 heteroatoms. The largest absolute Gasteiger partial charge is 0.479 e. The average molecular weight is 305 g/mol. The fraction of sp³-hybridized carbons (Fsp3) is 0.500. The molecule has 0 bridgehead atoms. The Morgan fingerprint density at radius 2 is 2.05 bits per heavy atom. The minimum absolute atomic E-state index is 0.0177. The highest BCUT2D eigenvalue weighted by atomic mass is 16.5. The number of urea groups is 1. The molecule has 0 fully saturated rings. The molecule has 0 saturated carbocycles. The second-order valence-electron chi connectivity index (χ2n) is 6.71. The van der Waals surface area contributed by atoms with Crippen molar-refractivity contribution in [1.82, 2.24) is 5.32 Å². The third-order valence-electron chi connectivity index (χ3n) is 3.34. The zero-order valence-electron chi connectivity index (χ0n) is 13.7. The van der Waals surface area contributed by atoms with Crippen LogP contribution in [0.3, 0.4) is 0 Å². The number of nitrogens with one attached hydrogen (secondary N) is 2. The van der Waals surface area contributed by atoms with Gasteiger partial charge in [0, 0.05) is 19.3 Å². The third kappa shape index (κ3) is 3.69. The molecular formula is C16H23N3O3. The molecule has 0 saturated heterocycles. The van der Waals surface area contributed by atoms with Crippen molar-refractivity contribution in [3.8, 4) is 5.75 Å². The number of carbonyl (C=O) groups is 2. The van der Waals surface area contributed by atoms with Gasteiger partial charge >= 0.3 is 6.03 Å². The molecule has 3 amide bonds. The Labute approximate surface area is 130 Å². The Hall–Kier alpha value is -2.24. The van der Waals surface area contributed by atoms with E-state index in [-0.39, 0.29) is 17.4 Å². The van der Waals surface area contributed by atoms with E-state index >= 15 is 0 Å². The number of anilines is 2. The molecule has 1 aliphatic heterocycles. The van der Waals surface area contributed by atoms with Crippen LogP contribution in [0.15, 0.2) is 18.2 Å². The first-order valence-corrected chi connectivity index (χ1v) is 7.30. The lowest BCUT2D eigenvalue weighted by Gasteiger charge is -2.30. The van der Waals surface area contributed by atoms with Crippen LogP contribution in [0, 0.1) is 5.41 Å². The zero-order chi connectivity index (χ0) is 16.5. The summed E-state index contributed by atoms with van der Waals surface area (Å²) in [6.07, 6.45) is -0.494. The van der Waals surface area contributed by atoms with E-state index in [2.05, 4.69) is 10.6 Å².